The second-order valence-corrected chi connectivity index (χ2v) is 8.64. The van der Waals surface area contributed by atoms with Crippen LogP contribution >= 0.6 is 0 Å². The van der Waals surface area contributed by atoms with Crippen molar-refractivity contribution in [1.82, 2.24) is 15.1 Å². The average molecular weight is 399 g/mol. The number of fused-ring (bicyclic) bond motifs is 1. The number of nitrogens with one attached hydrogen (secondary N) is 1. The van der Waals surface area contributed by atoms with Gasteiger partial charge < -0.3 is 20.2 Å². The predicted molar refractivity (Wildman–Crippen MR) is 107 cm³/mol. The molecule has 29 heavy (non-hydrogen) atoms. The first kappa shape index (κ1) is 19.7. The molecule has 1 aliphatic carbocycles. The number of hydrogen-bond donors (Lipinski definition) is 2. The van der Waals surface area contributed by atoms with Crippen molar-refractivity contribution in [2.75, 3.05) is 26.2 Å². The third-order valence-corrected chi connectivity index (χ3v) is 6.87. The zero-order valence-corrected chi connectivity index (χ0v) is 16.7. The molecule has 156 valence electrons. The Morgan fingerprint density at radius 3 is 2.41 bits per heavy atom. The lowest BCUT2D eigenvalue weighted by Crippen LogP contribution is -2.41. The molecule has 3 amide bonds. The Labute approximate surface area is 171 Å². The quantitative estimate of drug-likeness (QED) is 0.815. The number of rotatable bonds is 4. The monoisotopic (exact) mass is 399 g/mol. The van der Waals surface area contributed by atoms with E-state index in [1.807, 2.05) is 29.2 Å². The number of piperidine rings is 1. The summed E-state index contributed by atoms with van der Waals surface area (Å²) < 4.78 is 0. The molecule has 2 N–H and O–H groups in total. The van der Waals surface area contributed by atoms with Crippen molar-refractivity contribution < 1.29 is 19.5 Å². The number of nitrogens with zero attached hydrogens (tertiary/aromatic N) is 2. The molecule has 0 radical (unpaired) electrons. The number of amides is 3. The molecule has 7 heteroatoms. The predicted octanol–water partition coefficient (Wildman–Crippen LogP) is 2.71. The highest BCUT2D eigenvalue weighted by atomic mass is 16.4. The van der Waals surface area contributed by atoms with Crippen LogP contribution in [0.25, 0.3) is 0 Å². The lowest BCUT2D eigenvalue weighted by atomic mass is 9.81. The molecule has 2 aliphatic heterocycles. The Bertz CT molecular complexity index is 788. The van der Waals surface area contributed by atoms with Gasteiger partial charge in [0.25, 0.3) is 5.91 Å². The van der Waals surface area contributed by atoms with E-state index in [0.29, 0.717) is 31.6 Å². The zero-order valence-electron chi connectivity index (χ0n) is 16.7. The molecule has 1 saturated carbocycles. The highest BCUT2D eigenvalue weighted by Crippen LogP contribution is 2.48. The van der Waals surface area contributed by atoms with Gasteiger partial charge in [0.2, 0.25) is 0 Å². The van der Waals surface area contributed by atoms with Crippen molar-refractivity contribution >= 4 is 17.9 Å². The Hall–Kier alpha value is -2.57. The minimum Gasteiger partial charge on any atom is -0.481 e. The summed E-state index contributed by atoms with van der Waals surface area (Å²) in [5.74, 6) is -0.641. The van der Waals surface area contributed by atoms with Gasteiger partial charge >= 0.3 is 12.0 Å². The molecule has 1 aromatic carbocycles. The van der Waals surface area contributed by atoms with Crippen molar-refractivity contribution in [2.24, 2.45) is 11.3 Å². The molecule has 2 heterocycles. The fourth-order valence-corrected chi connectivity index (χ4v) is 5.13. The average Bonchev–Trinajstić information content (AvgIpc) is 3.31. The number of benzene rings is 1. The van der Waals surface area contributed by atoms with Crippen LogP contribution in [0.1, 0.15) is 54.4 Å². The fraction of sp³-hybridized carbons (Fsp3) is 0.591. The van der Waals surface area contributed by atoms with Crippen LogP contribution in [-0.4, -0.2) is 59.0 Å². The van der Waals surface area contributed by atoms with E-state index < -0.39 is 11.4 Å². The third-order valence-electron chi connectivity index (χ3n) is 6.87. The van der Waals surface area contributed by atoms with Crippen LogP contribution in [-0.2, 0) is 11.3 Å². The summed E-state index contributed by atoms with van der Waals surface area (Å²) in [6, 6.07) is 7.16. The zero-order chi connectivity index (χ0) is 20.4. The highest BCUT2D eigenvalue weighted by Gasteiger charge is 2.55. The smallest absolute Gasteiger partial charge is 0.317 e. The molecular weight excluding hydrogens is 370 g/mol. The summed E-state index contributed by atoms with van der Waals surface area (Å²) in [6.45, 7) is 2.82. The van der Waals surface area contributed by atoms with Crippen LogP contribution in [0.2, 0.25) is 0 Å². The first-order chi connectivity index (χ1) is 14.0. The van der Waals surface area contributed by atoms with Crippen LogP contribution in [0.3, 0.4) is 0 Å². The van der Waals surface area contributed by atoms with E-state index in [2.05, 4.69) is 5.32 Å². The van der Waals surface area contributed by atoms with Gasteiger partial charge in [-0.05, 0) is 55.7 Å². The second-order valence-electron chi connectivity index (χ2n) is 8.64. The molecule has 2 saturated heterocycles. The number of carboxylic acid groups (broad SMARTS) is 1. The van der Waals surface area contributed by atoms with E-state index in [4.69, 9.17) is 0 Å². The molecular formula is C22H29N3O4. The first-order valence-corrected chi connectivity index (χ1v) is 10.6. The van der Waals surface area contributed by atoms with Crippen LogP contribution in [0.15, 0.2) is 24.3 Å². The normalized spacial score (nSPS) is 26.3. The molecule has 1 aromatic rings. The summed E-state index contributed by atoms with van der Waals surface area (Å²) >= 11 is 0. The van der Waals surface area contributed by atoms with Crippen LogP contribution in [0.4, 0.5) is 4.79 Å². The van der Waals surface area contributed by atoms with Gasteiger partial charge in [-0.15, -0.1) is 0 Å². The number of urea groups is 1. The van der Waals surface area contributed by atoms with Gasteiger partial charge in [-0.3, -0.25) is 9.59 Å². The number of carbonyl (C=O) groups excluding carboxylic acids is 2. The Morgan fingerprint density at radius 1 is 1.03 bits per heavy atom. The maximum Gasteiger partial charge on any atom is 0.317 e. The lowest BCUT2D eigenvalue weighted by molar-refractivity contribution is -0.149. The van der Waals surface area contributed by atoms with Gasteiger partial charge in [-0.25, -0.2) is 4.79 Å². The van der Waals surface area contributed by atoms with Crippen molar-refractivity contribution in [3.8, 4) is 0 Å². The largest absolute Gasteiger partial charge is 0.481 e. The molecule has 3 aliphatic rings. The molecule has 4 rings (SSSR count). The number of likely N-dealkylation sites (tertiary alicyclic amines) is 2. The van der Waals surface area contributed by atoms with Crippen molar-refractivity contribution in [2.45, 2.75) is 45.1 Å². The lowest BCUT2D eigenvalue weighted by Gasteiger charge is -2.26. The third kappa shape index (κ3) is 3.82. The Kier molecular flexibility index (Phi) is 5.48. The number of aliphatic carboxylic acids is 1. The van der Waals surface area contributed by atoms with Crippen LogP contribution in [0.5, 0.6) is 0 Å². The number of carbonyl (C=O) groups is 3. The Balaban J connectivity index is 1.31. The van der Waals surface area contributed by atoms with Crippen molar-refractivity contribution in [1.29, 1.82) is 0 Å². The Morgan fingerprint density at radius 2 is 1.76 bits per heavy atom. The van der Waals surface area contributed by atoms with Gasteiger partial charge in [-0.2, -0.15) is 0 Å². The molecule has 0 spiro atoms. The molecule has 7 nitrogen and oxygen atoms in total. The van der Waals surface area contributed by atoms with Crippen molar-refractivity contribution in [3.05, 3.63) is 35.4 Å². The van der Waals surface area contributed by atoms with E-state index in [0.717, 1.165) is 44.3 Å². The summed E-state index contributed by atoms with van der Waals surface area (Å²) in [4.78, 5) is 40.4. The van der Waals surface area contributed by atoms with Crippen LogP contribution < -0.4 is 5.32 Å². The van der Waals surface area contributed by atoms with Gasteiger partial charge in [0.1, 0.15) is 0 Å². The van der Waals surface area contributed by atoms with Gasteiger partial charge in [-0.1, -0.05) is 18.6 Å². The second kappa shape index (κ2) is 8.05. The molecule has 0 aromatic heterocycles. The molecule has 0 unspecified atom stereocenters. The first-order valence-electron chi connectivity index (χ1n) is 10.6. The van der Waals surface area contributed by atoms with Crippen molar-refractivity contribution in [3.63, 3.8) is 0 Å². The van der Waals surface area contributed by atoms with E-state index in [-0.39, 0.29) is 17.9 Å². The molecule has 2 atom stereocenters. The fourth-order valence-electron chi connectivity index (χ4n) is 5.13. The van der Waals surface area contributed by atoms with Gasteiger partial charge in [0, 0.05) is 38.3 Å². The van der Waals surface area contributed by atoms with Gasteiger partial charge in [0.15, 0.2) is 0 Å². The van der Waals surface area contributed by atoms with E-state index in [9.17, 15) is 19.5 Å². The van der Waals surface area contributed by atoms with E-state index in [1.165, 1.54) is 6.42 Å². The molecule has 3 fully saturated rings. The SMILES string of the molecule is O=C(NCc1ccc(C(=O)N2CCCCC2)cc1)N1C[C@@H]2CCC[C@@]2(C(=O)O)C1. The standard InChI is InChI=1S/C22H29N3O4/c26-19(24-11-2-1-3-12-24)17-8-6-16(7-9-17)13-23-21(29)25-14-18-5-4-10-22(18,15-25)20(27)28/h6-9,18H,1-5,10-15H2,(H,23,29)(H,27,28)/t18-,22+/m0/s1. The summed E-state index contributed by atoms with van der Waals surface area (Å²) in [5.41, 5.74) is 0.840. The van der Waals surface area contributed by atoms with E-state index in [1.54, 1.807) is 4.90 Å². The van der Waals surface area contributed by atoms with Gasteiger partial charge in [0.05, 0.1) is 5.41 Å². The summed E-state index contributed by atoms with van der Waals surface area (Å²) in [5, 5.41) is 12.6. The minimum atomic E-state index is -0.774. The molecule has 0 bridgehead atoms. The number of carboxylic acids is 1. The van der Waals surface area contributed by atoms with E-state index >= 15 is 0 Å². The minimum absolute atomic E-state index is 0.0610. The summed E-state index contributed by atoms with van der Waals surface area (Å²) in [7, 11) is 0. The van der Waals surface area contributed by atoms with Crippen LogP contribution in [0, 0.1) is 11.3 Å². The highest BCUT2D eigenvalue weighted by molar-refractivity contribution is 5.94. The summed E-state index contributed by atoms with van der Waals surface area (Å²) in [6.07, 6.45) is 5.78. The topological polar surface area (TPSA) is 90.0 Å². The maximum absolute atomic E-state index is 12.6. The maximum atomic E-state index is 12.6. The number of hydrogen-bond acceptors (Lipinski definition) is 3.